The van der Waals surface area contributed by atoms with E-state index in [-0.39, 0.29) is 26.4 Å². The molecule has 0 atom stereocenters. The SMILES string of the molecule is COC(=O)CN(c1cccc(Cl)c1)S(=O)(=O)c1ccc(OC)c(Cl)c1Cl. The predicted molar refractivity (Wildman–Crippen MR) is 101 cm³/mol. The Bertz CT molecular complexity index is 933. The Balaban J connectivity index is 2.63. The topological polar surface area (TPSA) is 72.9 Å². The van der Waals surface area contributed by atoms with Crippen LogP contribution in [0.2, 0.25) is 15.1 Å². The Hall–Kier alpha value is -1.67. The maximum atomic E-state index is 13.2. The standard InChI is InChI=1S/C16H14Cl3NO5S/c1-24-12-6-7-13(16(19)15(12)18)26(22,23)20(9-14(21)25-2)11-5-3-4-10(17)8-11/h3-8H,9H2,1-2H3. The fraction of sp³-hybridized carbons (Fsp3) is 0.188. The first-order valence-corrected chi connectivity index (χ1v) is 9.67. The highest BCUT2D eigenvalue weighted by molar-refractivity contribution is 7.93. The number of rotatable bonds is 6. The van der Waals surface area contributed by atoms with Crippen molar-refractivity contribution in [3.05, 3.63) is 51.5 Å². The summed E-state index contributed by atoms with van der Waals surface area (Å²) in [5, 5.41) is 0.0219. The minimum atomic E-state index is -4.25. The summed E-state index contributed by atoms with van der Waals surface area (Å²) < 4.78 is 36.8. The number of benzene rings is 2. The van der Waals surface area contributed by atoms with Gasteiger partial charge in [-0.3, -0.25) is 9.10 Å². The molecule has 0 heterocycles. The molecule has 0 aliphatic heterocycles. The molecule has 0 aliphatic carbocycles. The van der Waals surface area contributed by atoms with Gasteiger partial charge in [0.1, 0.15) is 22.2 Å². The molecule has 2 aromatic carbocycles. The number of ether oxygens (including phenoxy) is 2. The minimum Gasteiger partial charge on any atom is -0.495 e. The molecule has 0 spiro atoms. The minimum absolute atomic E-state index is 0.0562. The van der Waals surface area contributed by atoms with Crippen LogP contribution in [0.5, 0.6) is 5.75 Å². The third-order valence-electron chi connectivity index (χ3n) is 3.40. The number of hydrogen-bond donors (Lipinski definition) is 0. The molecule has 140 valence electrons. The van der Waals surface area contributed by atoms with E-state index in [1.165, 1.54) is 31.4 Å². The molecule has 0 fully saturated rings. The second-order valence-corrected chi connectivity index (χ2v) is 7.98. The van der Waals surface area contributed by atoms with E-state index in [4.69, 9.17) is 39.5 Å². The molecule has 2 aromatic rings. The molecule has 0 unspecified atom stereocenters. The zero-order valence-electron chi connectivity index (χ0n) is 13.7. The van der Waals surface area contributed by atoms with Crippen LogP contribution in [0.4, 0.5) is 5.69 Å². The first kappa shape index (κ1) is 20.6. The van der Waals surface area contributed by atoms with E-state index in [1.54, 1.807) is 12.1 Å². The lowest BCUT2D eigenvalue weighted by Crippen LogP contribution is -2.36. The predicted octanol–water partition coefficient (Wildman–Crippen LogP) is 4.02. The highest BCUT2D eigenvalue weighted by Gasteiger charge is 2.31. The average Bonchev–Trinajstić information content (AvgIpc) is 2.61. The van der Waals surface area contributed by atoms with Crippen molar-refractivity contribution in [3.63, 3.8) is 0 Å². The molecule has 10 heteroatoms. The summed E-state index contributed by atoms with van der Waals surface area (Å²) in [6.45, 7) is -0.570. The van der Waals surface area contributed by atoms with Gasteiger partial charge in [-0.05, 0) is 30.3 Å². The van der Waals surface area contributed by atoms with Gasteiger partial charge in [0.15, 0.2) is 0 Å². The van der Waals surface area contributed by atoms with E-state index >= 15 is 0 Å². The molecule has 2 rings (SSSR count). The molecule has 0 amide bonds. The van der Waals surface area contributed by atoms with Crippen molar-refractivity contribution in [2.75, 3.05) is 25.1 Å². The van der Waals surface area contributed by atoms with Crippen LogP contribution in [0, 0.1) is 0 Å². The zero-order chi connectivity index (χ0) is 19.5. The summed E-state index contributed by atoms with van der Waals surface area (Å²) >= 11 is 18.1. The summed E-state index contributed by atoms with van der Waals surface area (Å²) in [6.07, 6.45) is 0. The number of anilines is 1. The lowest BCUT2D eigenvalue weighted by atomic mass is 10.3. The Kier molecular flexibility index (Phi) is 6.63. The van der Waals surface area contributed by atoms with Gasteiger partial charge in [-0.2, -0.15) is 0 Å². The van der Waals surface area contributed by atoms with Gasteiger partial charge >= 0.3 is 5.97 Å². The number of hydrogen-bond acceptors (Lipinski definition) is 5. The Morgan fingerprint density at radius 1 is 1.08 bits per heavy atom. The summed E-state index contributed by atoms with van der Waals surface area (Å²) in [4.78, 5) is 11.5. The smallest absolute Gasteiger partial charge is 0.326 e. The van der Waals surface area contributed by atoms with Gasteiger partial charge in [-0.25, -0.2) is 8.42 Å². The van der Waals surface area contributed by atoms with Crippen molar-refractivity contribution in [2.24, 2.45) is 0 Å². The van der Waals surface area contributed by atoms with Gasteiger partial charge in [0.05, 0.1) is 24.9 Å². The van der Waals surface area contributed by atoms with Crippen LogP contribution in [0.15, 0.2) is 41.3 Å². The van der Waals surface area contributed by atoms with Crippen LogP contribution in [-0.4, -0.2) is 35.2 Å². The Labute approximate surface area is 166 Å². The van der Waals surface area contributed by atoms with Gasteiger partial charge in [-0.15, -0.1) is 0 Å². The molecule has 0 bridgehead atoms. The van der Waals surface area contributed by atoms with E-state index in [0.29, 0.717) is 5.02 Å². The summed E-state index contributed by atoms with van der Waals surface area (Å²) in [6, 6.07) is 8.64. The van der Waals surface area contributed by atoms with E-state index in [0.717, 1.165) is 11.4 Å². The number of sulfonamides is 1. The molecule has 0 aromatic heterocycles. The summed E-state index contributed by atoms with van der Waals surface area (Å²) in [5.74, 6) is -0.540. The molecule has 0 aliphatic rings. The van der Waals surface area contributed by atoms with Crippen molar-refractivity contribution in [1.82, 2.24) is 0 Å². The molecule has 0 radical (unpaired) electrons. The van der Waals surface area contributed by atoms with Crippen molar-refractivity contribution in [3.8, 4) is 5.75 Å². The number of carbonyl (C=O) groups is 1. The number of halogens is 3. The van der Waals surface area contributed by atoms with Crippen LogP contribution < -0.4 is 9.04 Å². The van der Waals surface area contributed by atoms with Gasteiger partial charge in [0, 0.05) is 5.02 Å². The second kappa shape index (κ2) is 8.35. The first-order chi connectivity index (χ1) is 12.2. The van der Waals surface area contributed by atoms with E-state index in [9.17, 15) is 13.2 Å². The Morgan fingerprint density at radius 3 is 2.35 bits per heavy atom. The van der Waals surface area contributed by atoms with Crippen molar-refractivity contribution < 1.29 is 22.7 Å². The lowest BCUT2D eigenvalue weighted by Gasteiger charge is -2.24. The summed E-state index contributed by atoms with van der Waals surface area (Å²) in [5.41, 5.74) is 0.172. The highest BCUT2D eigenvalue weighted by atomic mass is 35.5. The Morgan fingerprint density at radius 2 is 1.77 bits per heavy atom. The van der Waals surface area contributed by atoms with E-state index < -0.39 is 22.5 Å². The van der Waals surface area contributed by atoms with Crippen molar-refractivity contribution in [2.45, 2.75) is 4.90 Å². The second-order valence-electron chi connectivity index (χ2n) is 4.96. The van der Waals surface area contributed by atoms with Gasteiger partial charge < -0.3 is 9.47 Å². The highest BCUT2D eigenvalue weighted by Crippen LogP contribution is 2.38. The van der Waals surface area contributed by atoms with Gasteiger partial charge in [0.25, 0.3) is 10.0 Å². The normalized spacial score (nSPS) is 11.1. The molecular weight excluding hydrogens is 425 g/mol. The van der Waals surface area contributed by atoms with Crippen LogP contribution >= 0.6 is 34.8 Å². The van der Waals surface area contributed by atoms with Crippen LogP contribution in [0.25, 0.3) is 0 Å². The fourth-order valence-electron chi connectivity index (χ4n) is 2.12. The molecule has 26 heavy (non-hydrogen) atoms. The number of nitrogens with zero attached hydrogens (tertiary/aromatic N) is 1. The molecule has 0 saturated carbocycles. The van der Waals surface area contributed by atoms with Crippen molar-refractivity contribution in [1.29, 1.82) is 0 Å². The molecule has 6 nitrogen and oxygen atoms in total. The first-order valence-electron chi connectivity index (χ1n) is 7.09. The summed E-state index contributed by atoms with van der Waals surface area (Å²) in [7, 11) is -1.72. The van der Waals surface area contributed by atoms with Crippen molar-refractivity contribution >= 4 is 56.5 Å². The van der Waals surface area contributed by atoms with Crippen LogP contribution in [0.1, 0.15) is 0 Å². The number of carbonyl (C=O) groups excluding carboxylic acids is 1. The number of methoxy groups -OCH3 is 2. The van der Waals surface area contributed by atoms with Crippen LogP contribution in [-0.2, 0) is 19.6 Å². The lowest BCUT2D eigenvalue weighted by molar-refractivity contribution is -0.138. The average molecular weight is 439 g/mol. The monoisotopic (exact) mass is 437 g/mol. The van der Waals surface area contributed by atoms with E-state index in [1.807, 2.05) is 0 Å². The zero-order valence-corrected chi connectivity index (χ0v) is 16.8. The third-order valence-corrected chi connectivity index (χ3v) is 6.42. The van der Waals surface area contributed by atoms with Crippen LogP contribution in [0.3, 0.4) is 0 Å². The molecular formula is C16H14Cl3NO5S. The maximum Gasteiger partial charge on any atom is 0.326 e. The van der Waals surface area contributed by atoms with Gasteiger partial charge in [0.2, 0.25) is 0 Å². The largest absolute Gasteiger partial charge is 0.495 e. The maximum absolute atomic E-state index is 13.2. The third kappa shape index (κ3) is 4.17. The molecule has 0 N–H and O–H groups in total. The molecule has 0 saturated heterocycles. The van der Waals surface area contributed by atoms with E-state index in [2.05, 4.69) is 4.74 Å². The fourth-order valence-corrected chi connectivity index (χ4v) is 4.52. The quantitative estimate of drug-likeness (QED) is 0.637. The van der Waals surface area contributed by atoms with Gasteiger partial charge in [-0.1, -0.05) is 40.9 Å². The number of esters is 1.